The fourth-order valence-corrected chi connectivity index (χ4v) is 4.08. The predicted molar refractivity (Wildman–Crippen MR) is 127 cm³/mol. The lowest BCUT2D eigenvalue weighted by Gasteiger charge is -2.17. The van der Waals surface area contributed by atoms with Gasteiger partial charge in [0.05, 0.1) is 35.7 Å². The zero-order chi connectivity index (χ0) is 23.5. The molecule has 5 N–H and O–H groups in total. The number of rotatable bonds is 9. The Morgan fingerprint density at radius 1 is 1.12 bits per heavy atom. The van der Waals surface area contributed by atoms with Crippen molar-refractivity contribution >= 4 is 28.1 Å². The number of ether oxygens (including phenoxy) is 1. The zero-order valence-electron chi connectivity index (χ0n) is 18.7. The summed E-state index contributed by atoms with van der Waals surface area (Å²) in [6.45, 7) is 7.27. The highest BCUT2D eigenvalue weighted by Crippen LogP contribution is 2.37. The molecule has 170 valence electrons. The number of nitrogens with zero attached hydrogens (tertiary/aromatic N) is 1. The number of pyridine rings is 1. The molecule has 0 aliphatic rings. The maximum Gasteiger partial charge on any atom is 0.251 e. The third-order valence-electron chi connectivity index (χ3n) is 4.63. The summed E-state index contributed by atoms with van der Waals surface area (Å²) < 4.78 is 5.52. The van der Waals surface area contributed by atoms with Gasteiger partial charge in [0, 0.05) is 4.88 Å². The second kappa shape index (κ2) is 9.38. The van der Waals surface area contributed by atoms with E-state index in [1.807, 2.05) is 36.4 Å². The van der Waals surface area contributed by atoms with Crippen LogP contribution in [0.5, 0.6) is 0 Å². The summed E-state index contributed by atoms with van der Waals surface area (Å²) in [7, 11) is 0. The Kier molecular flexibility index (Phi) is 7.00. The molecular weight excluding hydrogens is 426 g/mol. The van der Waals surface area contributed by atoms with Crippen LogP contribution in [-0.4, -0.2) is 33.3 Å². The van der Waals surface area contributed by atoms with Crippen molar-refractivity contribution in [3.8, 4) is 10.4 Å². The standard InChI is InChI=1S/C24H29N3O4S/c1-23(2,29)14-31-13-17-6-5-7-20(26-17)27-22-18(21(25)28)12-19(32-22)15-8-10-16(11-9-15)24(3,4)30/h5-12,29-30H,13-14H2,1-4H3,(H2,25,28)(H,26,27). The van der Waals surface area contributed by atoms with Crippen molar-refractivity contribution in [1.29, 1.82) is 0 Å². The number of amides is 1. The number of carbonyl (C=O) groups is 1. The van der Waals surface area contributed by atoms with Crippen LogP contribution in [0, 0.1) is 0 Å². The minimum atomic E-state index is -0.924. The van der Waals surface area contributed by atoms with Gasteiger partial charge in [0.15, 0.2) is 0 Å². The highest BCUT2D eigenvalue weighted by Gasteiger charge is 2.18. The SMILES string of the molecule is CC(C)(O)COCc1cccc(Nc2sc(-c3ccc(C(C)(C)O)cc3)cc2C(N)=O)n1. The molecule has 3 aromatic rings. The molecule has 0 spiro atoms. The summed E-state index contributed by atoms with van der Waals surface area (Å²) >= 11 is 1.40. The number of aliphatic hydroxyl groups is 2. The minimum Gasteiger partial charge on any atom is -0.388 e. The molecular formula is C24H29N3O4S. The van der Waals surface area contributed by atoms with E-state index in [0.29, 0.717) is 22.1 Å². The van der Waals surface area contributed by atoms with E-state index >= 15 is 0 Å². The lowest BCUT2D eigenvalue weighted by Crippen LogP contribution is -2.25. The number of hydrogen-bond acceptors (Lipinski definition) is 7. The number of carbonyl (C=O) groups excluding carboxylic acids is 1. The van der Waals surface area contributed by atoms with Crippen molar-refractivity contribution in [2.75, 3.05) is 11.9 Å². The van der Waals surface area contributed by atoms with Crippen LogP contribution in [0.3, 0.4) is 0 Å². The van der Waals surface area contributed by atoms with Crippen molar-refractivity contribution in [1.82, 2.24) is 4.98 Å². The Labute approximate surface area is 191 Å². The van der Waals surface area contributed by atoms with Gasteiger partial charge in [-0.2, -0.15) is 0 Å². The predicted octanol–water partition coefficient (Wildman–Crippen LogP) is 4.17. The molecule has 0 saturated carbocycles. The Morgan fingerprint density at radius 3 is 2.41 bits per heavy atom. The lowest BCUT2D eigenvalue weighted by atomic mass is 9.97. The quantitative estimate of drug-likeness (QED) is 0.385. The number of aromatic nitrogens is 1. The molecule has 0 fully saturated rings. The number of nitrogens with two attached hydrogens (primary N) is 1. The molecule has 1 amide bonds. The van der Waals surface area contributed by atoms with Crippen molar-refractivity contribution in [2.45, 2.75) is 45.5 Å². The summed E-state index contributed by atoms with van der Waals surface area (Å²) in [5.74, 6) is 0.0235. The first-order valence-corrected chi connectivity index (χ1v) is 11.0. The topological polar surface area (TPSA) is 118 Å². The Bertz CT molecular complexity index is 1080. The molecule has 0 radical (unpaired) electrons. The Morgan fingerprint density at radius 2 is 1.81 bits per heavy atom. The fourth-order valence-electron chi connectivity index (χ4n) is 3.00. The van der Waals surface area contributed by atoms with Gasteiger partial charge in [-0.1, -0.05) is 30.3 Å². The van der Waals surface area contributed by atoms with Gasteiger partial charge in [0.1, 0.15) is 10.8 Å². The van der Waals surface area contributed by atoms with E-state index in [1.54, 1.807) is 39.8 Å². The summed E-state index contributed by atoms with van der Waals surface area (Å²) in [4.78, 5) is 17.4. The molecule has 8 heteroatoms. The van der Waals surface area contributed by atoms with Crippen LogP contribution in [0.25, 0.3) is 10.4 Å². The van der Waals surface area contributed by atoms with Gasteiger partial charge < -0.3 is 26.0 Å². The monoisotopic (exact) mass is 455 g/mol. The Hall–Kier alpha value is -2.78. The molecule has 0 unspecified atom stereocenters. The van der Waals surface area contributed by atoms with E-state index < -0.39 is 17.1 Å². The molecule has 0 aliphatic heterocycles. The van der Waals surface area contributed by atoms with Gasteiger partial charge in [-0.15, -0.1) is 11.3 Å². The van der Waals surface area contributed by atoms with Crippen LogP contribution in [-0.2, 0) is 16.9 Å². The van der Waals surface area contributed by atoms with Crippen LogP contribution in [0.2, 0.25) is 0 Å². The van der Waals surface area contributed by atoms with Crippen molar-refractivity contribution in [3.05, 3.63) is 65.4 Å². The first-order chi connectivity index (χ1) is 14.9. The third-order valence-corrected chi connectivity index (χ3v) is 5.73. The number of anilines is 2. The highest BCUT2D eigenvalue weighted by atomic mass is 32.1. The fraction of sp³-hybridized carbons (Fsp3) is 0.333. The summed E-state index contributed by atoms with van der Waals surface area (Å²) in [6, 6.07) is 14.8. The number of benzene rings is 1. The van der Waals surface area contributed by atoms with Gasteiger partial charge in [0.2, 0.25) is 0 Å². The summed E-state index contributed by atoms with van der Waals surface area (Å²) in [5.41, 5.74) is 6.56. The number of thiophene rings is 1. The van der Waals surface area contributed by atoms with Crippen molar-refractivity contribution in [3.63, 3.8) is 0 Å². The molecule has 2 aromatic heterocycles. The molecule has 0 aliphatic carbocycles. The molecule has 2 heterocycles. The maximum atomic E-state index is 12.0. The van der Waals surface area contributed by atoms with Gasteiger partial charge in [0.25, 0.3) is 5.91 Å². The van der Waals surface area contributed by atoms with Gasteiger partial charge in [-0.25, -0.2) is 4.98 Å². The smallest absolute Gasteiger partial charge is 0.251 e. The summed E-state index contributed by atoms with van der Waals surface area (Å²) in [6.07, 6.45) is 0. The van der Waals surface area contributed by atoms with Gasteiger partial charge >= 0.3 is 0 Å². The Balaban J connectivity index is 1.81. The molecule has 7 nitrogen and oxygen atoms in total. The molecule has 3 rings (SSSR count). The van der Waals surface area contributed by atoms with Crippen molar-refractivity contribution in [2.24, 2.45) is 5.73 Å². The number of primary amides is 1. The molecule has 0 atom stereocenters. The van der Waals surface area contributed by atoms with E-state index in [9.17, 15) is 15.0 Å². The van der Waals surface area contributed by atoms with Crippen LogP contribution < -0.4 is 11.1 Å². The number of hydrogen-bond donors (Lipinski definition) is 4. The molecule has 0 bridgehead atoms. The van der Waals surface area contributed by atoms with Gasteiger partial charge in [-0.3, -0.25) is 4.79 Å². The van der Waals surface area contributed by atoms with E-state index in [-0.39, 0.29) is 13.2 Å². The van der Waals surface area contributed by atoms with Crippen LogP contribution in [0.1, 0.15) is 49.3 Å². The second-order valence-electron chi connectivity index (χ2n) is 8.80. The normalized spacial score (nSPS) is 12.1. The second-order valence-corrected chi connectivity index (χ2v) is 9.85. The largest absolute Gasteiger partial charge is 0.388 e. The average Bonchev–Trinajstić information content (AvgIpc) is 3.11. The molecule has 32 heavy (non-hydrogen) atoms. The molecule has 0 saturated heterocycles. The average molecular weight is 456 g/mol. The van der Waals surface area contributed by atoms with Crippen LogP contribution in [0.4, 0.5) is 10.8 Å². The lowest BCUT2D eigenvalue weighted by molar-refractivity contribution is -0.0276. The first-order valence-electron chi connectivity index (χ1n) is 10.2. The van der Waals surface area contributed by atoms with Gasteiger partial charge in [-0.05, 0) is 57.0 Å². The third kappa shape index (κ3) is 6.37. The van der Waals surface area contributed by atoms with Crippen LogP contribution in [0.15, 0.2) is 48.5 Å². The first kappa shape index (κ1) is 23.9. The molecule has 1 aromatic carbocycles. The highest BCUT2D eigenvalue weighted by molar-refractivity contribution is 7.19. The van der Waals surface area contributed by atoms with Crippen molar-refractivity contribution < 1.29 is 19.7 Å². The zero-order valence-corrected chi connectivity index (χ0v) is 19.5. The van der Waals surface area contributed by atoms with E-state index in [1.165, 1.54) is 11.3 Å². The number of nitrogens with one attached hydrogen (secondary N) is 1. The van der Waals surface area contributed by atoms with E-state index in [4.69, 9.17) is 10.5 Å². The van der Waals surface area contributed by atoms with E-state index in [0.717, 1.165) is 16.0 Å². The minimum absolute atomic E-state index is 0.193. The van der Waals surface area contributed by atoms with Crippen LogP contribution >= 0.6 is 11.3 Å². The maximum absolute atomic E-state index is 12.0. The van der Waals surface area contributed by atoms with E-state index in [2.05, 4.69) is 10.3 Å². The summed E-state index contributed by atoms with van der Waals surface area (Å²) in [5, 5.41) is 23.7.